The van der Waals surface area contributed by atoms with Crippen molar-refractivity contribution in [3.63, 3.8) is 0 Å². The second-order valence-electron chi connectivity index (χ2n) is 5.65. The third-order valence-electron chi connectivity index (χ3n) is 4.11. The number of para-hydroxylation sites is 1. The number of anilines is 1. The zero-order valence-electron chi connectivity index (χ0n) is 12.9. The van der Waals surface area contributed by atoms with E-state index in [1.54, 1.807) is 0 Å². The maximum atomic E-state index is 12.5. The number of β-amino-alcohol motifs (C(OH)–C–C–N with tert-alkyl or cyclic N) is 1. The van der Waals surface area contributed by atoms with Gasteiger partial charge in [-0.2, -0.15) is 0 Å². The minimum atomic E-state index is 0.210. The first-order valence-electron chi connectivity index (χ1n) is 7.96. The highest BCUT2D eigenvalue weighted by atomic mass is 16.3. The summed E-state index contributed by atoms with van der Waals surface area (Å²) in [5, 5.41) is 9.02. The molecule has 0 unspecified atom stereocenters. The Morgan fingerprint density at radius 3 is 2.52 bits per heavy atom. The lowest BCUT2D eigenvalue weighted by atomic mass is 10.0. The summed E-state index contributed by atoms with van der Waals surface area (Å²) in [6.45, 7) is 4.90. The predicted octanol–water partition coefficient (Wildman–Crippen LogP) is 2.28. The first-order chi connectivity index (χ1) is 10.3. The Labute approximate surface area is 127 Å². The minimum Gasteiger partial charge on any atom is -0.395 e. The third-order valence-corrected chi connectivity index (χ3v) is 4.11. The second kappa shape index (κ2) is 8.15. The molecule has 1 amide bonds. The fourth-order valence-corrected chi connectivity index (χ4v) is 3.02. The maximum absolute atomic E-state index is 12.5. The van der Waals surface area contributed by atoms with Crippen LogP contribution in [-0.4, -0.2) is 48.2 Å². The Hall–Kier alpha value is -1.39. The Morgan fingerprint density at radius 1 is 1.29 bits per heavy atom. The summed E-state index contributed by atoms with van der Waals surface area (Å²) in [5.74, 6) is 0.226. The number of rotatable bonds is 6. The number of carbonyl (C=O) groups is 1. The van der Waals surface area contributed by atoms with Crippen LogP contribution in [0.25, 0.3) is 0 Å². The summed E-state index contributed by atoms with van der Waals surface area (Å²) in [4.78, 5) is 16.8. The predicted molar refractivity (Wildman–Crippen MR) is 85.4 cm³/mol. The molecule has 1 N–H and O–H groups in total. The van der Waals surface area contributed by atoms with Crippen molar-refractivity contribution >= 4 is 11.6 Å². The Balaban J connectivity index is 2.08. The van der Waals surface area contributed by atoms with E-state index in [2.05, 4.69) is 4.90 Å². The van der Waals surface area contributed by atoms with Gasteiger partial charge < -0.3 is 14.9 Å². The van der Waals surface area contributed by atoms with Crippen LogP contribution in [0.5, 0.6) is 0 Å². The first-order valence-corrected chi connectivity index (χ1v) is 7.96. The number of hydrogen-bond acceptors (Lipinski definition) is 3. The van der Waals surface area contributed by atoms with Crippen LogP contribution in [-0.2, 0) is 4.79 Å². The summed E-state index contributed by atoms with van der Waals surface area (Å²) in [6.07, 6.45) is 3.44. The van der Waals surface area contributed by atoms with E-state index in [1.807, 2.05) is 42.2 Å². The van der Waals surface area contributed by atoms with Gasteiger partial charge in [0, 0.05) is 37.8 Å². The van der Waals surface area contributed by atoms with Crippen molar-refractivity contribution in [2.24, 2.45) is 0 Å². The van der Waals surface area contributed by atoms with Crippen molar-refractivity contribution in [3.05, 3.63) is 30.3 Å². The van der Waals surface area contributed by atoms with Crippen LogP contribution in [0.1, 0.15) is 32.6 Å². The van der Waals surface area contributed by atoms with Crippen molar-refractivity contribution in [3.8, 4) is 0 Å². The van der Waals surface area contributed by atoms with E-state index >= 15 is 0 Å². The van der Waals surface area contributed by atoms with E-state index in [1.165, 1.54) is 0 Å². The molecule has 1 aromatic rings. The van der Waals surface area contributed by atoms with Crippen LogP contribution in [0.15, 0.2) is 30.3 Å². The third kappa shape index (κ3) is 4.29. The smallest absolute Gasteiger partial charge is 0.227 e. The molecular weight excluding hydrogens is 264 g/mol. The standard InChI is InChI=1S/C17H26N2O2/c1-2-6-17(21)19(15-7-4-3-5-8-15)16-9-11-18(12-10-16)13-14-20/h3-5,7-8,16,20H,2,6,9-14H2,1H3. The molecule has 4 heteroatoms. The molecule has 1 aliphatic rings. The number of benzene rings is 1. The van der Waals surface area contributed by atoms with Gasteiger partial charge in [0.25, 0.3) is 0 Å². The summed E-state index contributed by atoms with van der Waals surface area (Å²) in [5.41, 5.74) is 1.01. The molecule has 0 aliphatic carbocycles. The van der Waals surface area contributed by atoms with Gasteiger partial charge in [-0.05, 0) is 31.4 Å². The number of hydrogen-bond donors (Lipinski definition) is 1. The summed E-state index contributed by atoms with van der Waals surface area (Å²) in [6, 6.07) is 10.3. The molecule has 4 nitrogen and oxygen atoms in total. The zero-order chi connectivity index (χ0) is 15.1. The Morgan fingerprint density at radius 2 is 1.95 bits per heavy atom. The van der Waals surface area contributed by atoms with E-state index in [4.69, 9.17) is 5.11 Å². The average molecular weight is 290 g/mol. The van der Waals surface area contributed by atoms with E-state index in [9.17, 15) is 4.79 Å². The largest absolute Gasteiger partial charge is 0.395 e. The SMILES string of the molecule is CCCC(=O)N(c1ccccc1)C1CCN(CCO)CC1. The quantitative estimate of drug-likeness (QED) is 0.874. The van der Waals surface area contributed by atoms with Crippen LogP contribution in [0.2, 0.25) is 0 Å². The van der Waals surface area contributed by atoms with Crippen molar-refractivity contribution < 1.29 is 9.90 Å². The first kappa shape index (κ1) is 16.0. The Bertz CT molecular complexity index is 428. The lowest BCUT2D eigenvalue weighted by Crippen LogP contribution is -2.48. The minimum absolute atomic E-state index is 0.210. The van der Waals surface area contributed by atoms with Gasteiger partial charge in [0.2, 0.25) is 5.91 Å². The summed E-state index contributed by atoms with van der Waals surface area (Å²) >= 11 is 0. The molecule has 0 saturated carbocycles. The zero-order valence-corrected chi connectivity index (χ0v) is 12.9. The molecule has 1 aromatic carbocycles. The lowest BCUT2D eigenvalue weighted by Gasteiger charge is -2.38. The lowest BCUT2D eigenvalue weighted by molar-refractivity contribution is -0.119. The molecule has 1 heterocycles. The normalized spacial score (nSPS) is 16.9. The van der Waals surface area contributed by atoms with E-state index in [0.717, 1.165) is 44.6 Å². The number of carbonyl (C=O) groups excluding carboxylic acids is 1. The Kier molecular flexibility index (Phi) is 6.21. The number of aliphatic hydroxyl groups excluding tert-OH is 1. The number of likely N-dealkylation sites (tertiary alicyclic amines) is 1. The van der Waals surface area contributed by atoms with Gasteiger partial charge in [-0.25, -0.2) is 0 Å². The van der Waals surface area contributed by atoms with Gasteiger partial charge in [0.15, 0.2) is 0 Å². The highest BCUT2D eigenvalue weighted by Crippen LogP contribution is 2.24. The van der Waals surface area contributed by atoms with Gasteiger partial charge >= 0.3 is 0 Å². The van der Waals surface area contributed by atoms with Crippen LogP contribution >= 0.6 is 0 Å². The van der Waals surface area contributed by atoms with Crippen molar-refractivity contribution in [2.45, 2.75) is 38.6 Å². The molecule has 21 heavy (non-hydrogen) atoms. The number of aliphatic hydroxyl groups is 1. The summed E-state index contributed by atoms with van der Waals surface area (Å²) < 4.78 is 0. The topological polar surface area (TPSA) is 43.8 Å². The van der Waals surface area contributed by atoms with Crippen molar-refractivity contribution in [2.75, 3.05) is 31.1 Å². The van der Waals surface area contributed by atoms with E-state index in [-0.39, 0.29) is 18.6 Å². The number of amides is 1. The van der Waals surface area contributed by atoms with Crippen LogP contribution < -0.4 is 4.90 Å². The van der Waals surface area contributed by atoms with Gasteiger partial charge in [0.1, 0.15) is 0 Å². The molecule has 0 radical (unpaired) electrons. The van der Waals surface area contributed by atoms with E-state index < -0.39 is 0 Å². The molecule has 0 spiro atoms. The highest BCUT2D eigenvalue weighted by molar-refractivity contribution is 5.93. The maximum Gasteiger partial charge on any atom is 0.227 e. The van der Waals surface area contributed by atoms with Crippen LogP contribution in [0.4, 0.5) is 5.69 Å². The van der Waals surface area contributed by atoms with Gasteiger partial charge in [-0.15, -0.1) is 0 Å². The van der Waals surface area contributed by atoms with Gasteiger partial charge in [0.05, 0.1) is 6.61 Å². The molecule has 0 bridgehead atoms. The monoisotopic (exact) mass is 290 g/mol. The average Bonchev–Trinajstić information content (AvgIpc) is 2.51. The molecule has 1 saturated heterocycles. The molecule has 1 fully saturated rings. The van der Waals surface area contributed by atoms with E-state index in [0.29, 0.717) is 6.42 Å². The van der Waals surface area contributed by atoms with Gasteiger partial charge in [-0.3, -0.25) is 4.79 Å². The molecular formula is C17H26N2O2. The molecule has 0 aromatic heterocycles. The molecule has 2 rings (SSSR count). The van der Waals surface area contributed by atoms with Crippen LogP contribution in [0.3, 0.4) is 0 Å². The highest BCUT2D eigenvalue weighted by Gasteiger charge is 2.28. The van der Waals surface area contributed by atoms with Crippen molar-refractivity contribution in [1.82, 2.24) is 4.90 Å². The second-order valence-corrected chi connectivity index (χ2v) is 5.65. The molecule has 116 valence electrons. The molecule has 1 aliphatic heterocycles. The van der Waals surface area contributed by atoms with Crippen LogP contribution in [0, 0.1) is 0 Å². The fourth-order valence-electron chi connectivity index (χ4n) is 3.02. The number of piperidine rings is 1. The van der Waals surface area contributed by atoms with Gasteiger partial charge in [-0.1, -0.05) is 25.1 Å². The fraction of sp³-hybridized carbons (Fsp3) is 0.588. The number of nitrogens with zero attached hydrogens (tertiary/aromatic N) is 2. The molecule has 0 atom stereocenters. The van der Waals surface area contributed by atoms with Crippen molar-refractivity contribution in [1.29, 1.82) is 0 Å². The summed E-state index contributed by atoms with van der Waals surface area (Å²) in [7, 11) is 0.